The molecule has 3 rings (SSSR count). The molecule has 3 aromatic rings. The van der Waals surface area contributed by atoms with Crippen molar-refractivity contribution in [1.82, 2.24) is 14.8 Å². The first kappa shape index (κ1) is 13.6. The summed E-state index contributed by atoms with van der Waals surface area (Å²) in [6, 6.07) is 12.6. The molecular formula is C15H16N4OS. The van der Waals surface area contributed by atoms with Gasteiger partial charge in [0.2, 0.25) is 0 Å². The largest absolute Gasteiger partial charge is 0.378 e. The van der Waals surface area contributed by atoms with Crippen molar-refractivity contribution in [3.05, 3.63) is 58.1 Å². The highest BCUT2D eigenvalue weighted by Gasteiger charge is 2.05. The molecule has 0 atom stereocenters. The number of rotatable bonds is 4. The number of hydrogen-bond acceptors (Lipinski definition) is 4. The van der Waals surface area contributed by atoms with E-state index in [4.69, 9.17) is 0 Å². The molecule has 2 aromatic heterocycles. The van der Waals surface area contributed by atoms with Crippen molar-refractivity contribution in [1.29, 1.82) is 0 Å². The third-order valence-corrected chi connectivity index (χ3v) is 4.39. The average Bonchev–Trinajstić information content (AvgIpc) is 3.10. The van der Waals surface area contributed by atoms with Crippen molar-refractivity contribution in [3.63, 3.8) is 0 Å². The molecule has 5 nitrogen and oxygen atoms in total. The molecule has 0 bridgehead atoms. The van der Waals surface area contributed by atoms with Gasteiger partial charge in [-0.25, -0.2) is 9.89 Å². The molecule has 21 heavy (non-hydrogen) atoms. The molecule has 0 fully saturated rings. The first-order valence-electron chi connectivity index (χ1n) is 6.60. The van der Waals surface area contributed by atoms with Gasteiger partial charge in [0, 0.05) is 29.5 Å². The minimum Gasteiger partial charge on any atom is -0.378 e. The molecule has 0 unspecified atom stereocenters. The number of H-pyrrole nitrogens is 1. The molecule has 0 amide bonds. The number of hydrogen-bond donors (Lipinski definition) is 1. The zero-order valence-corrected chi connectivity index (χ0v) is 12.7. The second-order valence-corrected chi connectivity index (χ2v) is 6.17. The predicted octanol–water partition coefficient (Wildman–Crippen LogP) is 2.41. The minimum absolute atomic E-state index is 0.180. The van der Waals surface area contributed by atoms with Crippen molar-refractivity contribution in [2.45, 2.75) is 6.54 Å². The van der Waals surface area contributed by atoms with E-state index in [0.717, 1.165) is 4.88 Å². The summed E-state index contributed by atoms with van der Waals surface area (Å²) in [5, 5.41) is 6.14. The maximum Gasteiger partial charge on any atom is 0.343 e. The standard InChI is InChI=1S/C15H16N4OS/c1-18(2)12-5-3-11(4-6-12)14-8-7-13(21-14)9-19-10-16-17-15(19)20/h3-8,10H,9H2,1-2H3,(H,17,20). The summed E-state index contributed by atoms with van der Waals surface area (Å²) in [5.74, 6) is 0. The molecule has 0 aliphatic heterocycles. The first-order valence-corrected chi connectivity index (χ1v) is 7.41. The lowest BCUT2D eigenvalue weighted by Crippen LogP contribution is -2.16. The SMILES string of the molecule is CN(C)c1ccc(-c2ccc(Cn3cn[nH]c3=O)s2)cc1. The molecule has 0 aliphatic rings. The van der Waals surface area contributed by atoms with Gasteiger partial charge in [-0.05, 0) is 29.8 Å². The number of benzene rings is 1. The fourth-order valence-electron chi connectivity index (χ4n) is 2.09. The van der Waals surface area contributed by atoms with Crippen LogP contribution in [0.2, 0.25) is 0 Å². The van der Waals surface area contributed by atoms with E-state index < -0.39 is 0 Å². The van der Waals surface area contributed by atoms with Crippen LogP contribution >= 0.6 is 11.3 Å². The molecule has 6 heteroatoms. The fraction of sp³-hybridized carbons (Fsp3) is 0.200. The van der Waals surface area contributed by atoms with E-state index >= 15 is 0 Å². The maximum absolute atomic E-state index is 11.4. The lowest BCUT2D eigenvalue weighted by molar-refractivity contribution is 0.772. The van der Waals surface area contributed by atoms with Crippen LogP contribution in [0, 0.1) is 0 Å². The summed E-state index contributed by atoms with van der Waals surface area (Å²) >= 11 is 1.69. The van der Waals surface area contributed by atoms with Gasteiger partial charge in [-0.1, -0.05) is 12.1 Å². The molecule has 0 spiro atoms. The van der Waals surface area contributed by atoms with Crippen LogP contribution in [0.15, 0.2) is 47.5 Å². The normalized spacial score (nSPS) is 10.8. The minimum atomic E-state index is -0.180. The summed E-state index contributed by atoms with van der Waals surface area (Å²) in [6.07, 6.45) is 1.52. The molecule has 1 aromatic carbocycles. The topological polar surface area (TPSA) is 53.9 Å². The molecule has 0 aliphatic carbocycles. The summed E-state index contributed by atoms with van der Waals surface area (Å²) in [6.45, 7) is 0.551. The Morgan fingerprint density at radius 3 is 2.57 bits per heavy atom. The highest BCUT2D eigenvalue weighted by molar-refractivity contribution is 7.15. The summed E-state index contributed by atoms with van der Waals surface area (Å²) in [4.78, 5) is 15.9. The van der Waals surface area contributed by atoms with E-state index in [1.54, 1.807) is 15.9 Å². The Balaban J connectivity index is 1.81. The van der Waals surface area contributed by atoms with Crippen molar-refractivity contribution in [3.8, 4) is 10.4 Å². The molecule has 1 N–H and O–H groups in total. The Labute approximate surface area is 126 Å². The number of aromatic amines is 1. The van der Waals surface area contributed by atoms with Crippen LogP contribution < -0.4 is 10.6 Å². The number of thiophene rings is 1. The van der Waals surface area contributed by atoms with E-state index in [1.807, 2.05) is 14.1 Å². The van der Waals surface area contributed by atoms with Gasteiger partial charge in [0.15, 0.2) is 0 Å². The molecule has 0 radical (unpaired) electrons. The highest BCUT2D eigenvalue weighted by atomic mass is 32.1. The Morgan fingerprint density at radius 1 is 1.19 bits per heavy atom. The van der Waals surface area contributed by atoms with Gasteiger partial charge < -0.3 is 4.90 Å². The van der Waals surface area contributed by atoms with Gasteiger partial charge in [0.25, 0.3) is 0 Å². The third-order valence-electron chi connectivity index (χ3n) is 3.27. The van der Waals surface area contributed by atoms with Gasteiger partial charge >= 0.3 is 5.69 Å². The Bertz CT molecular complexity index is 782. The lowest BCUT2D eigenvalue weighted by Gasteiger charge is -2.12. The van der Waals surface area contributed by atoms with Gasteiger partial charge in [-0.2, -0.15) is 5.10 Å². The van der Waals surface area contributed by atoms with Crippen LogP contribution in [0.25, 0.3) is 10.4 Å². The van der Waals surface area contributed by atoms with E-state index in [-0.39, 0.29) is 5.69 Å². The summed E-state index contributed by atoms with van der Waals surface area (Å²) < 4.78 is 1.56. The average molecular weight is 300 g/mol. The second kappa shape index (κ2) is 5.57. The van der Waals surface area contributed by atoms with Crippen molar-refractivity contribution >= 4 is 17.0 Å². The molecule has 0 saturated carbocycles. The van der Waals surface area contributed by atoms with E-state index in [2.05, 4.69) is 51.5 Å². The van der Waals surface area contributed by atoms with Gasteiger partial charge in [0.05, 0.1) is 6.54 Å². The summed E-state index contributed by atoms with van der Waals surface area (Å²) in [5.41, 5.74) is 2.19. The zero-order chi connectivity index (χ0) is 14.8. The van der Waals surface area contributed by atoms with Crippen LogP contribution in [0.5, 0.6) is 0 Å². The van der Waals surface area contributed by atoms with E-state index in [0.29, 0.717) is 6.54 Å². The fourth-order valence-corrected chi connectivity index (χ4v) is 3.11. The van der Waals surface area contributed by atoms with Crippen LogP contribution in [0.1, 0.15) is 4.88 Å². The van der Waals surface area contributed by atoms with Crippen molar-refractivity contribution in [2.24, 2.45) is 0 Å². The van der Waals surface area contributed by atoms with Crippen LogP contribution in [0.4, 0.5) is 5.69 Å². The van der Waals surface area contributed by atoms with Crippen molar-refractivity contribution in [2.75, 3.05) is 19.0 Å². The number of aromatic nitrogens is 3. The van der Waals surface area contributed by atoms with Crippen LogP contribution in [-0.2, 0) is 6.54 Å². The summed E-state index contributed by atoms with van der Waals surface area (Å²) in [7, 11) is 4.06. The zero-order valence-electron chi connectivity index (χ0n) is 11.9. The first-order chi connectivity index (χ1) is 10.1. The predicted molar refractivity (Wildman–Crippen MR) is 86.0 cm³/mol. The Morgan fingerprint density at radius 2 is 1.95 bits per heavy atom. The number of nitrogens with zero attached hydrogens (tertiary/aromatic N) is 3. The number of nitrogens with one attached hydrogen (secondary N) is 1. The third kappa shape index (κ3) is 2.90. The molecule has 2 heterocycles. The Kier molecular flexibility index (Phi) is 3.62. The smallest absolute Gasteiger partial charge is 0.343 e. The van der Waals surface area contributed by atoms with E-state index in [1.165, 1.54) is 22.5 Å². The molecule has 108 valence electrons. The number of anilines is 1. The monoisotopic (exact) mass is 300 g/mol. The van der Waals surface area contributed by atoms with Gasteiger partial charge in [0.1, 0.15) is 6.33 Å². The van der Waals surface area contributed by atoms with Crippen LogP contribution in [-0.4, -0.2) is 28.9 Å². The van der Waals surface area contributed by atoms with Crippen LogP contribution in [0.3, 0.4) is 0 Å². The van der Waals surface area contributed by atoms with E-state index in [9.17, 15) is 4.79 Å². The molecular weight excluding hydrogens is 284 g/mol. The second-order valence-electron chi connectivity index (χ2n) is 5.00. The maximum atomic E-state index is 11.4. The Hall–Kier alpha value is -2.34. The van der Waals surface area contributed by atoms with Gasteiger partial charge in [-0.3, -0.25) is 4.57 Å². The van der Waals surface area contributed by atoms with Crippen molar-refractivity contribution < 1.29 is 0 Å². The molecule has 0 saturated heterocycles. The highest BCUT2D eigenvalue weighted by Crippen LogP contribution is 2.29. The lowest BCUT2D eigenvalue weighted by atomic mass is 10.1. The quantitative estimate of drug-likeness (QED) is 0.805. The van der Waals surface area contributed by atoms with Gasteiger partial charge in [-0.15, -0.1) is 11.3 Å².